The van der Waals surface area contributed by atoms with Crippen molar-refractivity contribution in [2.75, 3.05) is 26.7 Å². The third kappa shape index (κ3) is 8.21. The Hall–Kier alpha value is -3.62. The number of amides is 2. The van der Waals surface area contributed by atoms with Gasteiger partial charge in [0, 0.05) is 37.7 Å². The number of rotatable bonds is 15. The van der Waals surface area contributed by atoms with E-state index in [1.165, 1.54) is 0 Å². The zero-order chi connectivity index (χ0) is 30.0. The van der Waals surface area contributed by atoms with E-state index in [-0.39, 0.29) is 24.6 Å². The first-order valence-corrected chi connectivity index (χ1v) is 14.4. The summed E-state index contributed by atoms with van der Waals surface area (Å²) in [6.07, 6.45) is 4.79. The molecule has 2 aromatic rings. The van der Waals surface area contributed by atoms with Crippen LogP contribution in [0.3, 0.4) is 0 Å². The van der Waals surface area contributed by atoms with Gasteiger partial charge in [-0.3, -0.25) is 9.59 Å². The number of hydrogen-bond donors (Lipinski definition) is 4. The lowest BCUT2D eigenvalue weighted by Crippen LogP contribution is -2.51. The number of aliphatic hydroxyl groups excluding tert-OH is 1. The molecule has 5 N–H and O–H groups in total. The molecule has 0 spiro atoms. The first-order valence-electron chi connectivity index (χ1n) is 14.4. The number of phenols is 1. The monoisotopic (exact) mass is 563 g/mol. The number of primary amides is 1. The Labute approximate surface area is 243 Å². The van der Waals surface area contributed by atoms with Crippen molar-refractivity contribution < 1.29 is 24.5 Å². The molecule has 1 aliphatic rings. The highest BCUT2D eigenvalue weighted by Gasteiger charge is 2.48. The van der Waals surface area contributed by atoms with Crippen LogP contribution < -0.4 is 15.8 Å². The molecule has 1 unspecified atom stereocenters. The van der Waals surface area contributed by atoms with Crippen molar-refractivity contribution >= 4 is 11.8 Å². The minimum Gasteiger partial charge on any atom is -0.508 e. The number of hydrogen-bond acceptors (Lipinski definition) is 6. The highest BCUT2D eigenvalue weighted by atomic mass is 16.5. The van der Waals surface area contributed by atoms with Crippen LogP contribution in [0.2, 0.25) is 0 Å². The van der Waals surface area contributed by atoms with Crippen LogP contribution in [0.5, 0.6) is 11.5 Å². The lowest BCUT2D eigenvalue weighted by Gasteiger charge is -2.42. The average molecular weight is 564 g/mol. The number of aliphatic hydroxyl groups is 1. The summed E-state index contributed by atoms with van der Waals surface area (Å²) in [5.41, 5.74) is 8.00. The molecule has 41 heavy (non-hydrogen) atoms. The summed E-state index contributed by atoms with van der Waals surface area (Å²) in [5.74, 6) is -0.440. The maximum Gasteiger partial charge on any atom is 0.249 e. The van der Waals surface area contributed by atoms with Gasteiger partial charge in [-0.2, -0.15) is 0 Å². The molecule has 1 aliphatic carbocycles. The van der Waals surface area contributed by atoms with Gasteiger partial charge in [0.15, 0.2) is 0 Å². The zero-order valence-corrected chi connectivity index (χ0v) is 24.7. The second kappa shape index (κ2) is 14.8. The first-order chi connectivity index (χ1) is 19.6. The summed E-state index contributed by atoms with van der Waals surface area (Å²) in [4.78, 5) is 28.9. The van der Waals surface area contributed by atoms with Crippen molar-refractivity contribution in [1.82, 2.24) is 10.2 Å². The van der Waals surface area contributed by atoms with E-state index in [2.05, 4.69) is 5.32 Å². The third-order valence-corrected chi connectivity index (χ3v) is 7.71. The van der Waals surface area contributed by atoms with Gasteiger partial charge in [-0.15, -0.1) is 0 Å². The van der Waals surface area contributed by atoms with Crippen LogP contribution in [0.15, 0.2) is 71.8 Å². The van der Waals surface area contributed by atoms with Crippen molar-refractivity contribution in [2.45, 2.75) is 59.1 Å². The molecule has 0 fully saturated rings. The molecule has 0 saturated heterocycles. The lowest BCUT2D eigenvalue weighted by molar-refractivity contribution is -0.132. The summed E-state index contributed by atoms with van der Waals surface area (Å²) >= 11 is 0. The van der Waals surface area contributed by atoms with Gasteiger partial charge in [0.05, 0.1) is 18.6 Å². The van der Waals surface area contributed by atoms with Crippen LogP contribution in [0, 0.1) is 11.3 Å². The predicted octanol–water partition coefficient (Wildman–Crippen LogP) is 4.11. The second-order valence-electron chi connectivity index (χ2n) is 11.0. The van der Waals surface area contributed by atoms with Crippen molar-refractivity contribution in [1.29, 1.82) is 0 Å². The molecule has 0 bridgehead atoms. The van der Waals surface area contributed by atoms with Crippen molar-refractivity contribution in [3.05, 3.63) is 83.0 Å². The summed E-state index contributed by atoms with van der Waals surface area (Å²) in [7, 11) is 1.62. The number of methoxy groups -OCH3 is 1. The van der Waals surface area contributed by atoms with E-state index in [0.717, 1.165) is 35.3 Å². The average Bonchev–Trinajstić information content (AvgIpc) is 2.95. The molecule has 3 rings (SSSR count). The maximum absolute atomic E-state index is 13.7. The number of carbonyl (C=O) groups excluding carboxylic acids is 2. The predicted molar refractivity (Wildman–Crippen MR) is 161 cm³/mol. The van der Waals surface area contributed by atoms with Gasteiger partial charge in [0.25, 0.3) is 0 Å². The molecule has 8 heteroatoms. The highest BCUT2D eigenvalue weighted by molar-refractivity contribution is 5.97. The van der Waals surface area contributed by atoms with Crippen LogP contribution >= 0.6 is 0 Å². The van der Waals surface area contributed by atoms with E-state index in [0.29, 0.717) is 31.6 Å². The van der Waals surface area contributed by atoms with Crippen LogP contribution in [0.4, 0.5) is 0 Å². The van der Waals surface area contributed by atoms with Crippen molar-refractivity contribution in [3.8, 4) is 11.5 Å². The Morgan fingerprint density at radius 3 is 2.39 bits per heavy atom. The molecule has 0 heterocycles. The van der Waals surface area contributed by atoms with Crippen LogP contribution in [-0.2, 0) is 22.6 Å². The SMILES string of the molecule is CCCN(CCC)C(=O)C1=CC(C)=CC(C(N)=O)([C@H](Cc2ccc(O)cc2)[C@@H](O)CNCc2cccc(OC)c2)C1. The molecule has 3 atom stereocenters. The van der Waals surface area contributed by atoms with Gasteiger partial charge >= 0.3 is 0 Å². The number of nitrogens with zero attached hydrogens (tertiary/aromatic N) is 1. The fourth-order valence-corrected chi connectivity index (χ4v) is 5.75. The van der Waals surface area contributed by atoms with Crippen LogP contribution in [0.25, 0.3) is 0 Å². The zero-order valence-electron chi connectivity index (χ0n) is 24.7. The van der Waals surface area contributed by atoms with Gasteiger partial charge in [-0.1, -0.05) is 55.8 Å². The van der Waals surface area contributed by atoms with Crippen molar-refractivity contribution in [2.24, 2.45) is 17.1 Å². The lowest BCUT2D eigenvalue weighted by atomic mass is 9.63. The summed E-state index contributed by atoms with van der Waals surface area (Å²) in [5, 5.41) is 24.8. The number of nitrogens with two attached hydrogens (primary N) is 1. The molecule has 0 aliphatic heterocycles. The molecule has 8 nitrogen and oxygen atoms in total. The van der Waals surface area contributed by atoms with E-state index in [4.69, 9.17) is 10.5 Å². The number of allylic oxidation sites excluding steroid dienone is 2. The van der Waals surface area contributed by atoms with Gasteiger partial charge < -0.3 is 30.9 Å². The Morgan fingerprint density at radius 2 is 1.78 bits per heavy atom. The molecule has 0 saturated carbocycles. The molecule has 0 aromatic heterocycles. The van der Waals surface area contributed by atoms with Gasteiger partial charge in [-0.25, -0.2) is 0 Å². The molecular weight excluding hydrogens is 518 g/mol. The maximum atomic E-state index is 13.7. The number of aromatic hydroxyl groups is 1. The fraction of sp³-hybridized carbons (Fsp3) is 0.455. The molecule has 2 amide bonds. The topological polar surface area (TPSA) is 125 Å². The molecule has 0 radical (unpaired) electrons. The minimum atomic E-state index is -1.29. The minimum absolute atomic E-state index is 0.0965. The Kier molecular flexibility index (Phi) is 11.6. The highest BCUT2D eigenvalue weighted by Crippen LogP contribution is 2.44. The van der Waals surface area contributed by atoms with Crippen LogP contribution in [0.1, 0.15) is 51.2 Å². The standard InChI is InChI=1S/C33H45N3O5/c1-5-14-36(15-6-2)31(39)26-16-23(3)19-33(20-26,32(34)40)29(18-24-10-12-27(37)13-11-24)30(38)22-35-21-25-8-7-9-28(17-25)41-4/h7-13,16-17,19,29-30,35,37-38H,5-6,14-15,18,20-22H2,1-4H3,(H2,34,40)/t29-,30+,33?/m1/s1. The summed E-state index contributed by atoms with van der Waals surface area (Å²) in [6, 6.07) is 14.4. The van der Waals surface area contributed by atoms with Gasteiger partial charge in [-0.05, 0) is 68.0 Å². The van der Waals surface area contributed by atoms with E-state index < -0.39 is 23.3 Å². The smallest absolute Gasteiger partial charge is 0.249 e. The second-order valence-corrected chi connectivity index (χ2v) is 11.0. The Morgan fingerprint density at radius 1 is 1.10 bits per heavy atom. The van der Waals surface area contributed by atoms with Crippen LogP contribution in [-0.4, -0.2) is 59.8 Å². The fourth-order valence-electron chi connectivity index (χ4n) is 5.75. The first kappa shape index (κ1) is 31.9. The molecule has 222 valence electrons. The number of phenolic OH excluding ortho intramolecular Hbond substituents is 1. The number of benzene rings is 2. The van der Waals surface area contributed by atoms with E-state index in [1.54, 1.807) is 31.4 Å². The molecule has 2 aromatic carbocycles. The largest absolute Gasteiger partial charge is 0.508 e. The normalized spacial score (nSPS) is 18.2. The molecular formula is C33H45N3O5. The number of ether oxygens (including phenoxy) is 1. The van der Waals surface area contributed by atoms with Gasteiger partial charge in [0.2, 0.25) is 11.8 Å². The van der Waals surface area contributed by atoms with E-state index >= 15 is 0 Å². The van der Waals surface area contributed by atoms with Gasteiger partial charge in [0.1, 0.15) is 11.5 Å². The summed E-state index contributed by atoms with van der Waals surface area (Å²) in [6.45, 7) is 7.88. The third-order valence-electron chi connectivity index (χ3n) is 7.71. The Balaban J connectivity index is 1.94. The Bertz CT molecular complexity index is 1230. The van der Waals surface area contributed by atoms with E-state index in [1.807, 2.05) is 62.1 Å². The van der Waals surface area contributed by atoms with Crippen molar-refractivity contribution in [3.63, 3.8) is 0 Å². The summed E-state index contributed by atoms with van der Waals surface area (Å²) < 4.78 is 5.31. The number of nitrogens with one attached hydrogen (secondary N) is 1. The van der Waals surface area contributed by atoms with E-state index in [9.17, 15) is 19.8 Å². The number of carbonyl (C=O) groups is 2. The quantitative estimate of drug-likeness (QED) is 0.259.